The summed E-state index contributed by atoms with van der Waals surface area (Å²) in [6, 6.07) is 5.06. The molecule has 2 N–H and O–H groups in total. The van der Waals surface area contributed by atoms with Gasteiger partial charge in [-0.2, -0.15) is 0 Å². The van der Waals surface area contributed by atoms with Crippen molar-refractivity contribution >= 4 is 62.3 Å². The molecule has 0 radical (unpaired) electrons. The van der Waals surface area contributed by atoms with E-state index in [1.54, 1.807) is 19.9 Å². The van der Waals surface area contributed by atoms with Crippen LogP contribution in [-0.4, -0.2) is 34.0 Å². The third kappa shape index (κ3) is 4.81. The lowest BCUT2D eigenvalue weighted by atomic mass is 10.2. The van der Waals surface area contributed by atoms with Crippen molar-refractivity contribution < 1.29 is 23.5 Å². The fourth-order valence-corrected chi connectivity index (χ4v) is 4.16. The summed E-state index contributed by atoms with van der Waals surface area (Å²) in [7, 11) is 0. The maximum Gasteiger partial charge on any atom is 0.362 e. The van der Waals surface area contributed by atoms with Gasteiger partial charge in [0.2, 0.25) is 5.69 Å². The minimum atomic E-state index is -0.686. The summed E-state index contributed by atoms with van der Waals surface area (Å²) in [5, 5.41) is 9.44. The van der Waals surface area contributed by atoms with Crippen molar-refractivity contribution in [2.24, 2.45) is 0 Å². The van der Waals surface area contributed by atoms with E-state index < -0.39 is 23.6 Å². The highest BCUT2D eigenvalue weighted by Gasteiger charge is 2.22. The number of nitrogens with one attached hydrogen (secondary N) is 2. The molecule has 0 bridgehead atoms. The van der Waals surface area contributed by atoms with Crippen LogP contribution in [0, 0.1) is 12.7 Å². The third-order valence-electron chi connectivity index (χ3n) is 3.72. The molecule has 0 atom stereocenters. The number of nitrogens with zero attached hydrogens (tertiary/aromatic N) is 2. The Kier molecular flexibility index (Phi) is 6.75. The number of esters is 1. The zero-order chi connectivity index (χ0) is 21.8. The van der Waals surface area contributed by atoms with E-state index in [0.29, 0.717) is 15.4 Å². The Balaban J connectivity index is 1.75. The monoisotopic (exact) mass is 468 g/mol. The first-order valence-corrected chi connectivity index (χ1v) is 10.4. The number of ether oxygens (including phenoxy) is 1. The lowest BCUT2D eigenvalue weighted by Gasteiger charge is -2.05. The molecular formula is C18H14ClFN4O4S2. The molecule has 0 saturated heterocycles. The first-order chi connectivity index (χ1) is 14.3. The summed E-state index contributed by atoms with van der Waals surface area (Å²) < 4.78 is 21.7. The Morgan fingerprint density at radius 3 is 2.67 bits per heavy atom. The quantitative estimate of drug-likeness (QED) is 0.519. The smallest absolute Gasteiger partial charge is 0.362 e. The van der Waals surface area contributed by atoms with Crippen LogP contribution in [0.5, 0.6) is 0 Å². The van der Waals surface area contributed by atoms with E-state index in [9.17, 15) is 18.8 Å². The second kappa shape index (κ2) is 9.28. The summed E-state index contributed by atoms with van der Waals surface area (Å²) in [5.74, 6) is -2.27. The molecule has 2 amide bonds. The van der Waals surface area contributed by atoms with Gasteiger partial charge in [-0.1, -0.05) is 16.1 Å². The standard InChI is InChI=1S/C18H14ClFN4O4S2/c1-3-28-18(27)13-17(30-24-23-13)22-16(26)14-8(2)6-12(29-14)21-15(25)10-5-4-9(20)7-11(10)19/h4-7H,3H2,1-2H3,(H,21,25)(H,22,26). The number of hydrogen-bond acceptors (Lipinski definition) is 8. The molecule has 0 spiro atoms. The van der Waals surface area contributed by atoms with Crippen molar-refractivity contribution in [1.29, 1.82) is 0 Å². The van der Waals surface area contributed by atoms with E-state index >= 15 is 0 Å². The first-order valence-electron chi connectivity index (χ1n) is 8.47. The van der Waals surface area contributed by atoms with Gasteiger partial charge in [-0.3, -0.25) is 9.59 Å². The van der Waals surface area contributed by atoms with Gasteiger partial charge in [-0.05, 0) is 43.7 Å². The van der Waals surface area contributed by atoms with E-state index in [-0.39, 0.29) is 27.9 Å². The van der Waals surface area contributed by atoms with Crippen LogP contribution in [0.25, 0.3) is 0 Å². The zero-order valence-electron chi connectivity index (χ0n) is 15.6. The predicted octanol–water partition coefficient (Wildman–Crippen LogP) is 4.38. The number of hydrogen-bond donors (Lipinski definition) is 2. The van der Waals surface area contributed by atoms with Gasteiger partial charge in [0.05, 0.1) is 27.1 Å². The second-order valence-corrected chi connectivity index (χ2v) is 8.04. The Morgan fingerprint density at radius 1 is 1.20 bits per heavy atom. The Hall–Kier alpha value is -2.89. The number of amides is 2. The molecular weight excluding hydrogens is 455 g/mol. The SMILES string of the molecule is CCOC(=O)c1nnsc1NC(=O)c1sc(NC(=O)c2ccc(F)cc2Cl)cc1C. The van der Waals surface area contributed by atoms with Gasteiger partial charge in [0.25, 0.3) is 11.8 Å². The van der Waals surface area contributed by atoms with Gasteiger partial charge >= 0.3 is 5.97 Å². The summed E-state index contributed by atoms with van der Waals surface area (Å²) >= 11 is 7.79. The molecule has 0 aliphatic heterocycles. The molecule has 0 fully saturated rings. The van der Waals surface area contributed by atoms with Gasteiger partial charge in [-0.15, -0.1) is 16.4 Å². The number of thiophene rings is 1. The average Bonchev–Trinajstić information content (AvgIpc) is 3.28. The van der Waals surface area contributed by atoms with Crippen molar-refractivity contribution in [3.05, 3.63) is 56.8 Å². The number of halogens is 2. The highest BCUT2D eigenvalue weighted by Crippen LogP contribution is 2.29. The minimum Gasteiger partial charge on any atom is -0.461 e. The van der Waals surface area contributed by atoms with Crippen LogP contribution < -0.4 is 10.6 Å². The van der Waals surface area contributed by atoms with Crippen LogP contribution in [-0.2, 0) is 4.74 Å². The molecule has 0 aliphatic rings. The molecule has 3 rings (SSSR count). The number of aryl methyl sites for hydroxylation is 1. The fraction of sp³-hybridized carbons (Fsp3) is 0.167. The van der Waals surface area contributed by atoms with Crippen molar-refractivity contribution in [2.45, 2.75) is 13.8 Å². The molecule has 0 unspecified atom stereocenters. The van der Waals surface area contributed by atoms with E-state index in [2.05, 4.69) is 20.2 Å². The van der Waals surface area contributed by atoms with Gasteiger partial charge in [0.15, 0.2) is 5.00 Å². The molecule has 156 valence electrons. The average molecular weight is 469 g/mol. The number of rotatable bonds is 6. The van der Waals surface area contributed by atoms with E-state index in [1.165, 1.54) is 6.07 Å². The first kappa shape index (κ1) is 21.8. The largest absolute Gasteiger partial charge is 0.461 e. The molecule has 1 aromatic carbocycles. The van der Waals surface area contributed by atoms with Gasteiger partial charge < -0.3 is 15.4 Å². The van der Waals surface area contributed by atoms with Crippen LogP contribution in [0.4, 0.5) is 14.4 Å². The number of aromatic nitrogens is 2. The predicted molar refractivity (Wildman–Crippen MR) is 112 cm³/mol. The van der Waals surface area contributed by atoms with Crippen molar-refractivity contribution in [3.8, 4) is 0 Å². The van der Waals surface area contributed by atoms with Crippen molar-refractivity contribution in [3.63, 3.8) is 0 Å². The molecule has 8 nitrogen and oxygen atoms in total. The Bertz CT molecular complexity index is 1130. The van der Waals surface area contributed by atoms with E-state index in [0.717, 1.165) is 35.0 Å². The van der Waals surface area contributed by atoms with Crippen molar-refractivity contribution in [2.75, 3.05) is 17.2 Å². The summed E-state index contributed by atoms with van der Waals surface area (Å²) in [6.07, 6.45) is 0. The fourth-order valence-electron chi connectivity index (χ4n) is 2.39. The zero-order valence-corrected chi connectivity index (χ0v) is 18.0. The maximum absolute atomic E-state index is 13.2. The Morgan fingerprint density at radius 2 is 1.97 bits per heavy atom. The number of carbonyl (C=O) groups is 3. The van der Waals surface area contributed by atoms with Gasteiger partial charge in [0, 0.05) is 11.5 Å². The minimum absolute atomic E-state index is 0.0251. The van der Waals surface area contributed by atoms with Gasteiger partial charge in [-0.25, -0.2) is 9.18 Å². The number of benzene rings is 1. The van der Waals surface area contributed by atoms with Crippen LogP contribution in [0.2, 0.25) is 5.02 Å². The molecule has 3 aromatic rings. The summed E-state index contributed by atoms with van der Waals surface area (Å²) in [6.45, 7) is 3.51. The van der Waals surface area contributed by atoms with Crippen LogP contribution in [0.1, 0.15) is 43.0 Å². The molecule has 12 heteroatoms. The van der Waals surface area contributed by atoms with Crippen LogP contribution >= 0.6 is 34.5 Å². The topological polar surface area (TPSA) is 110 Å². The maximum atomic E-state index is 13.2. The highest BCUT2D eigenvalue weighted by atomic mass is 35.5. The summed E-state index contributed by atoms with van der Waals surface area (Å²) in [5.41, 5.74) is 0.627. The van der Waals surface area contributed by atoms with Crippen LogP contribution in [0.3, 0.4) is 0 Å². The van der Waals surface area contributed by atoms with Crippen LogP contribution in [0.15, 0.2) is 24.3 Å². The Labute approximate surface area is 183 Å². The summed E-state index contributed by atoms with van der Waals surface area (Å²) in [4.78, 5) is 37.2. The molecule has 30 heavy (non-hydrogen) atoms. The highest BCUT2D eigenvalue weighted by molar-refractivity contribution is 7.18. The molecule has 2 aromatic heterocycles. The van der Waals surface area contributed by atoms with Gasteiger partial charge in [0.1, 0.15) is 5.82 Å². The van der Waals surface area contributed by atoms with E-state index in [1.807, 2.05) is 0 Å². The lowest BCUT2D eigenvalue weighted by Crippen LogP contribution is -2.14. The lowest BCUT2D eigenvalue weighted by molar-refractivity contribution is 0.0520. The molecule has 0 aliphatic carbocycles. The molecule has 2 heterocycles. The number of carbonyl (C=O) groups excluding carboxylic acids is 3. The molecule has 0 saturated carbocycles. The van der Waals surface area contributed by atoms with E-state index in [4.69, 9.17) is 16.3 Å². The normalized spacial score (nSPS) is 10.5. The van der Waals surface area contributed by atoms with Crippen molar-refractivity contribution in [1.82, 2.24) is 9.59 Å². The second-order valence-electron chi connectivity index (χ2n) is 5.83. The number of anilines is 2. The third-order valence-corrected chi connectivity index (χ3v) is 5.83.